The average Bonchev–Trinajstić information content (AvgIpc) is 2.85. The minimum atomic E-state index is -0.0489. The molecule has 0 aromatic heterocycles. The summed E-state index contributed by atoms with van der Waals surface area (Å²) < 4.78 is 9.97. The Balaban J connectivity index is 2.02. The molecule has 17 heavy (non-hydrogen) atoms. The van der Waals surface area contributed by atoms with Crippen LogP contribution in [0.25, 0.3) is 0 Å². The second-order valence-electron chi connectivity index (χ2n) is 4.44. The van der Waals surface area contributed by atoms with Crippen LogP contribution in [-0.4, -0.2) is 63.4 Å². The molecular formula is C12H24N2O3. The van der Waals surface area contributed by atoms with E-state index in [1.165, 1.54) is 12.8 Å². The third kappa shape index (κ3) is 6.00. The van der Waals surface area contributed by atoms with Crippen molar-refractivity contribution in [3.63, 3.8) is 0 Å². The van der Waals surface area contributed by atoms with E-state index >= 15 is 0 Å². The maximum Gasteiger partial charge on any atom is 0.246 e. The van der Waals surface area contributed by atoms with E-state index in [0.717, 1.165) is 13.1 Å². The van der Waals surface area contributed by atoms with Crippen LogP contribution in [0, 0.1) is 0 Å². The molecule has 0 saturated carbocycles. The number of rotatable bonds is 8. The normalized spacial score (nSPS) is 18.2. The highest BCUT2D eigenvalue weighted by Gasteiger charge is 2.18. The Bertz CT molecular complexity index is 218. The molecule has 1 N–H and O–H groups in total. The minimum Gasteiger partial charge on any atom is -0.382 e. The average molecular weight is 244 g/mol. The summed E-state index contributed by atoms with van der Waals surface area (Å²) in [5, 5.41) is 2.89. The maximum absolute atomic E-state index is 11.4. The van der Waals surface area contributed by atoms with Crippen molar-refractivity contribution in [1.82, 2.24) is 10.2 Å². The Hall–Kier alpha value is -0.650. The van der Waals surface area contributed by atoms with E-state index in [9.17, 15) is 4.79 Å². The van der Waals surface area contributed by atoms with Gasteiger partial charge in [0.05, 0.1) is 13.2 Å². The number of nitrogens with one attached hydrogen (secondary N) is 1. The second kappa shape index (κ2) is 8.44. The van der Waals surface area contributed by atoms with Crippen LogP contribution in [0.4, 0.5) is 0 Å². The van der Waals surface area contributed by atoms with Crippen molar-refractivity contribution in [2.24, 2.45) is 0 Å². The standard InChI is InChI=1S/C12H24N2O3/c1-11(14-5-3-4-6-14)9-13-12(15)10-17-8-7-16-2/h11H,3-10H2,1-2H3,(H,13,15). The van der Waals surface area contributed by atoms with Gasteiger partial charge < -0.3 is 14.8 Å². The van der Waals surface area contributed by atoms with Crippen LogP contribution in [-0.2, 0) is 14.3 Å². The molecule has 0 spiro atoms. The molecule has 100 valence electrons. The molecule has 0 aromatic carbocycles. The van der Waals surface area contributed by atoms with Crippen molar-refractivity contribution in [2.45, 2.75) is 25.8 Å². The van der Waals surface area contributed by atoms with E-state index in [0.29, 0.717) is 25.8 Å². The van der Waals surface area contributed by atoms with Crippen LogP contribution >= 0.6 is 0 Å². The molecule has 0 radical (unpaired) electrons. The summed E-state index contributed by atoms with van der Waals surface area (Å²) in [7, 11) is 1.61. The van der Waals surface area contributed by atoms with E-state index < -0.39 is 0 Å². The summed E-state index contributed by atoms with van der Waals surface area (Å²) in [6.45, 7) is 6.27. The van der Waals surface area contributed by atoms with Crippen LogP contribution in [0.1, 0.15) is 19.8 Å². The van der Waals surface area contributed by atoms with Crippen molar-refractivity contribution in [3.05, 3.63) is 0 Å². The number of methoxy groups -OCH3 is 1. The van der Waals surface area contributed by atoms with Crippen molar-refractivity contribution in [3.8, 4) is 0 Å². The first-order valence-corrected chi connectivity index (χ1v) is 6.31. The van der Waals surface area contributed by atoms with Crippen LogP contribution in [0.3, 0.4) is 0 Å². The number of carbonyl (C=O) groups excluding carboxylic acids is 1. The van der Waals surface area contributed by atoms with E-state index in [1.54, 1.807) is 7.11 Å². The van der Waals surface area contributed by atoms with Gasteiger partial charge in [-0.2, -0.15) is 0 Å². The molecule has 5 nitrogen and oxygen atoms in total. The largest absolute Gasteiger partial charge is 0.382 e. The highest BCUT2D eigenvalue weighted by atomic mass is 16.5. The van der Waals surface area contributed by atoms with Crippen molar-refractivity contribution in [1.29, 1.82) is 0 Å². The van der Waals surface area contributed by atoms with Gasteiger partial charge in [0, 0.05) is 19.7 Å². The minimum absolute atomic E-state index is 0.0489. The Morgan fingerprint density at radius 3 is 2.71 bits per heavy atom. The van der Waals surface area contributed by atoms with Gasteiger partial charge in [-0.05, 0) is 32.9 Å². The number of likely N-dealkylation sites (tertiary alicyclic amines) is 1. The second-order valence-corrected chi connectivity index (χ2v) is 4.44. The van der Waals surface area contributed by atoms with Crippen LogP contribution < -0.4 is 5.32 Å². The molecule has 5 heteroatoms. The molecule has 1 fully saturated rings. The van der Waals surface area contributed by atoms with Crippen molar-refractivity contribution in [2.75, 3.05) is 46.6 Å². The third-order valence-corrected chi connectivity index (χ3v) is 3.02. The van der Waals surface area contributed by atoms with Gasteiger partial charge in [-0.3, -0.25) is 9.69 Å². The summed E-state index contributed by atoms with van der Waals surface area (Å²) >= 11 is 0. The van der Waals surface area contributed by atoms with E-state index in [4.69, 9.17) is 9.47 Å². The highest BCUT2D eigenvalue weighted by Crippen LogP contribution is 2.10. The smallest absolute Gasteiger partial charge is 0.246 e. The summed E-state index contributed by atoms with van der Waals surface area (Å²) in [6, 6.07) is 0.417. The lowest BCUT2D eigenvalue weighted by Crippen LogP contribution is -2.41. The quantitative estimate of drug-likeness (QED) is 0.622. The lowest BCUT2D eigenvalue weighted by atomic mass is 10.3. The van der Waals surface area contributed by atoms with Gasteiger partial charge in [-0.25, -0.2) is 0 Å². The molecule has 1 heterocycles. The zero-order chi connectivity index (χ0) is 12.5. The van der Waals surface area contributed by atoms with Gasteiger partial charge in [0.15, 0.2) is 0 Å². The lowest BCUT2D eigenvalue weighted by Gasteiger charge is -2.23. The Kier molecular flexibility index (Phi) is 7.16. The molecule has 1 rings (SSSR count). The number of hydrogen-bond acceptors (Lipinski definition) is 4. The zero-order valence-corrected chi connectivity index (χ0v) is 10.9. The summed E-state index contributed by atoms with van der Waals surface area (Å²) in [5.41, 5.74) is 0. The summed E-state index contributed by atoms with van der Waals surface area (Å²) in [5.74, 6) is -0.0489. The molecule has 1 atom stereocenters. The Labute approximate surface area is 103 Å². The fourth-order valence-corrected chi connectivity index (χ4v) is 1.93. The molecule has 1 aliphatic heterocycles. The van der Waals surface area contributed by atoms with Gasteiger partial charge in [-0.1, -0.05) is 0 Å². The predicted molar refractivity (Wildman–Crippen MR) is 66.0 cm³/mol. The fourth-order valence-electron chi connectivity index (χ4n) is 1.93. The number of ether oxygens (including phenoxy) is 2. The summed E-state index contributed by atoms with van der Waals surface area (Å²) in [4.78, 5) is 13.8. The first-order valence-electron chi connectivity index (χ1n) is 6.31. The molecular weight excluding hydrogens is 220 g/mol. The fraction of sp³-hybridized carbons (Fsp3) is 0.917. The molecule has 0 aromatic rings. The highest BCUT2D eigenvalue weighted by molar-refractivity contribution is 5.77. The molecule has 1 aliphatic rings. The monoisotopic (exact) mass is 244 g/mol. The number of nitrogens with zero attached hydrogens (tertiary/aromatic N) is 1. The van der Waals surface area contributed by atoms with Crippen LogP contribution in [0.15, 0.2) is 0 Å². The first-order chi connectivity index (χ1) is 8.24. The van der Waals surface area contributed by atoms with Crippen molar-refractivity contribution >= 4 is 5.91 Å². The number of carbonyl (C=O) groups is 1. The molecule has 1 unspecified atom stereocenters. The third-order valence-electron chi connectivity index (χ3n) is 3.02. The van der Waals surface area contributed by atoms with E-state index in [-0.39, 0.29) is 12.5 Å². The number of hydrogen-bond donors (Lipinski definition) is 1. The maximum atomic E-state index is 11.4. The lowest BCUT2D eigenvalue weighted by molar-refractivity contribution is -0.126. The SMILES string of the molecule is COCCOCC(=O)NCC(C)N1CCCC1. The molecule has 0 bridgehead atoms. The van der Waals surface area contributed by atoms with Gasteiger partial charge >= 0.3 is 0 Å². The molecule has 1 saturated heterocycles. The molecule has 1 amide bonds. The van der Waals surface area contributed by atoms with Gasteiger partial charge in [0.1, 0.15) is 6.61 Å². The van der Waals surface area contributed by atoms with Crippen LogP contribution in [0.5, 0.6) is 0 Å². The predicted octanol–water partition coefficient (Wildman–Crippen LogP) is 0.250. The van der Waals surface area contributed by atoms with Gasteiger partial charge in [0.25, 0.3) is 0 Å². The number of amides is 1. The van der Waals surface area contributed by atoms with Gasteiger partial charge in [-0.15, -0.1) is 0 Å². The van der Waals surface area contributed by atoms with Crippen LogP contribution in [0.2, 0.25) is 0 Å². The van der Waals surface area contributed by atoms with Gasteiger partial charge in [0.2, 0.25) is 5.91 Å². The Morgan fingerprint density at radius 1 is 1.35 bits per heavy atom. The van der Waals surface area contributed by atoms with E-state index in [2.05, 4.69) is 17.1 Å². The van der Waals surface area contributed by atoms with Crippen molar-refractivity contribution < 1.29 is 14.3 Å². The summed E-state index contributed by atoms with van der Waals surface area (Å²) in [6.07, 6.45) is 2.55. The van der Waals surface area contributed by atoms with E-state index in [1.807, 2.05) is 0 Å². The Morgan fingerprint density at radius 2 is 2.06 bits per heavy atom. The zero-order valence-electron chi connectivity index (χ0n) is 10.9. The topological polar surface area (TPSA) is 50.8 Å². The first kappa shape index (κ1) is 14.4. The molecule has 0 aliphatic carbocycles.